The molecule has 1 aliphatic rings. The summed E-state index contributed by atoms with van der Waals surface area (Å²) in [4.78, 5) is 27.0. The minimum absolute atomic E-state index is 0.111. The lowest BCUT2D eigenvalue weighted by atomic mass is 10.0. The van der Waals surface area contributed by atoms with Gasteiger partial charge >= 0.3 is 15.6 Å². The van der Waals surface area contributed by atoms with Crippen molar-refractivity contribution in [2.75, 3.05) is 20.3 Å². The van der Waals surface area contributed by atoms with Crippen molar-refractivity contribution in [1.29, 1.82) is 0 Å². The molecule has 0 bridgehead atoms. The highest BCUT2D eigenvalue weighted by Crippen LogP contribution is 2.46. The van der Waals surface area contributed by atoms with E-state index in [1.54, 1.807) is 0 Å². The van der Waals surface area contributed by atoms with Crippen LogP contribution in [0.3, 0.4) is 0 Å². The van der Waals surface area contributed by atoms with Gasteiger partial charge in [-0.1, -0.05) is 62.3 Å². The summed E-state index contributed by atoms with van der Waals surface area (Å²) in [6, 6.07) is 1.42. The highest BCUT2D eigenvalue weighted by molar-refractivity contribution is 7.87. The highest BCUT2D eigenvalue weighted by Gasteiger charge is 2.50. The van der Waals surface area contributed by atoms with Crippen molar-refractivity contribution in [3.05, 3.63) is 39.6 Å². The first-order valence-corrected chi connectivity index (χ1v) is 21.9. The molecule has 1 aromatic rings. The molecule has 1 aromatic carbocycles. The predicted molar refractivity (Wildman–Crippen MR) is 178 cm³/mol. The van der Waals surface area contributed by atoms with Gasteiger partial charge in [0.05, 0.1) is 30.7 Å². The van der Waals surface area contributed by atoms with Crippen LogP contribution in [0.2, 0.25) is 34.8 Å². The Morgan fingerprint density at radius 1 is 1.04 bits per heavy atom. The number of carbonyl (C=O) groups is 1. The van der Waals surface area contributed by atoms with Crippen LogP contribution in [0.5, 0.6) is 11.5 Å². The molecule has 0 spiro atoms. The first-order chi connectivity index (χ1) is 21.2. The van der Waals surface area contributed by atoms with Crippen LogP contribution < -0.4 is 9.16 Å². The highest BCUT2D eigenvalue weighted by atomic mass is 32.2. The van der Waals surface area contributed by atoms with E-state index in [1.165, 1.54) is 24.1 Å². The Morgan fingerprint density at radius 2 is 1.57 bits per heavy atom. The van der Waals surface area contributed by atoms with Gasteiger partial charge in [-0.15, -0.1) is 0 Å². The molecule has 1 heterocycles. The summed E-state index contributed by atoms with van der Waals surface area (Å²) in [7, 11) is -9.68. The topological polar surface area (TPSA) is 135 Å². The van der Waals surface area contributed by atoms with Crippen LogP contribution in [0.25, 0.3) is 0 Å². The van der Waals surface area contributed by atoms with E-state index in [1.807, 2.05) is 33.9 Å². The number of hydrogen-bond acceptors (Lipinski definition) is 9. The summed E-state index contributed by atoms with van der Waals surface area (Å²) in [5, 5.41) is 12.1. The third kappa shape index (κ3) is 8.70. The summed E-state index contributed by atoms with van der Waals surface area (Å²) in [5.41, 5.74) is -6.13. The van der Waals surface area contributed by atoms with Crippen molar-refractivity contribution < 1.29 is 49.1 Å². The van der Waals surface area contributed by atoms with Crippen LogP contribution >= 0.6 is 0 Å². The number of nitrogens with zero attached hydrogens (tertiary/aromatic N) is 2. The van der Waals surface area contributed by atoms with Crippen LogP contribution in [-0.4, -0.2) is 72.6 Å². The number of alkyl halides is 3. The summed E-state index contributed by atoms with van der Waals surface area (Å²) in [6.45, 7) is 21.6. The number of hydrogen-bond donors (Lipinski definition) is 0. The van der Waals surface area contributed by atoms with Crippen molar-refractivity contribution >= 4 is 38.3 Å². The predicted octanol–water partition coefficient (Wildman–Crippen LogP) is 8.14. The average Bonchev–Trinajstić information content (AvgIpc) is 2.92. The van der Waals surface area contributed by atoms with E-state index in [0.717, 1.165) is 6.08 Å². The summed E-state index contributed by atoms with van der Waals surface area (Å²) >= 11 is 0. The number of benzene rings is 1. The van der Waals surface area contributed by atoms with Gasteiger partial charge in [0.25, 0.3) is 19.9 Å². The van der Waals surface area contributed by atoms with Gasteiger partial charge in [-0.2, -0.15) is 21.6 Å². The molecule has 1 aliphatic heterocycles. The number of halogens is 3. The van der Waals surface area contributed by atoms with Crippen molar-refractivity contribution in [2.45, 2.75) is 115 Å². The fourth-order valence-corrected chi connectivity index (χ4v) is 12.6. The normalized spacial score (nSPS) is 16.9. The third-order valence-corrected chi connectivity index (χ3v) is 20.8. The number of amides is 1. The van der Waals surface area contributed by atoms with Gasteiger partial charge in [-0.25, -0.2) is 0 Å². The molecule has 0 aromatic heterocycles. The molecule has 11 nitrogen and oxygen atoms in total. The number of rotatable bonds is 13. The Labute approximate surface area is 278 Å². The van der Waals surface area contributed by atoms with Crippen LogP contribution in [0.15, 0.2) is 24.0 Å². The molecule has 1 amide bonds. The quantitative estimate of drug-likeness (QED) is 0.0649. The number of methoxy groups -OCH3 is 1. The van der Waals surface area contributed by atoms with E-state index >= 15 is 0 Å². The SMILES string of the molecule is COc1cc(C(=O)N2CC=C(OS(=O)(=O)C(F)(F)F)C[C@H]2CO[Si](C)(C)C(C)(C)C)c([N+](=O)[O-])cc1O[Si](C(C)C)(C(C)C)C(C)C. The van der Waals surface area contributed by atoms with Crippen molar-refractivity contribution in [1.82, 2.24) is 4.90 Å². The van der Waals surface area contributed by atoms with Crippen molar-refractivity contribution in [3.8, 4) is 11.5 Å². The molecule has 0 aliphatic carbocycles. The Balaban J connectivity index is 2.67. The monoisotopic (exact) mass is 726 g/mol. The van der Waals surface area contributed by atoms with Gasteiger partial charge in [0, 0.05) is 19.0 Å². The molecule has 47 heavy (non-hydrogen) atoms. The molecular weight excluding hydrogens is 678 g/mol. The van der Waals surface area contributed by atoms with Gasteiger partial charge in [-0.05, 0) is 40.8 Å². The average molecular weight is 727 g/mol. The fourth-order valence-electron chi connectivity index (χ4n) is 5.76. The lowest BCUT2D eigenvalue weighted by Crippen LogP contribution is -2.51. The van der Waals surface area contributed by atoms with Crippen molar-refractivity contribution in [2.24, 2.45) is 0 Å². The lowest BCUT2D eigenvalue weighted by Gasteiger charge is -2.42. The van der Waals surface area contributed by atoms with E-state index in [4.69, 9.17) is 13.6 Å². The Bertz CT molecular complexity index is 1440. The minimum Gasteiger partial charge on any atom is -0.540 e. The first kappa shape index (κ1) is 40.5. The molecule has 17 heteroatoms. The Kier molecular flexibility index (Phi) is 12.5. The standard InChI is InChI=1S/C30H49F3N2O9SSi2/c1-19(2)47(20(3)4,21(5)6)44-27-17-25(35(37)38)24(16-26(27)41-10)28(36)34-14-13-23(43-45(39,40)30(31,32)33)15-22(34)18-42-46(11,12)29(7,8)9/h13,16-17,19-22H,14-15,18H2,1-12H3/t22-/m0/s1. The second-order valence-corrected chi connectivity index (χ2v) is 26.0. The number of ether oxygens (including phenoxy) is 1. The molecular formula is C30H49F3N2O9SSi2. The number of nitro groups is 1. The first-order valence-electron chi connectivity index (χ1n) is 15.4. The second kappa shape index (κ2) is 14.5. The molecule has 0 unspecified atom stereocenters. The Morgan fingerprint density at radius 3 is 2.00 bits per heavy atom. The van der Waals surface area contributed by atoms with Crippen LogP contribution in [-0.2, 0) is 18.7 Å². The maximum Gasteiger partial charge on any atom is 0.534 e. The van der Waals surface area contributed by atoms with Gasteiger partial charge in [0.15, 0.2) is 19.8 Å². The van der Waals surface area contributed by atoms with E-state index < -0.39 is 73.5 Å². The van der Waals surface area contributed by atoms with Crippen molar-refractivity contribution in [3.63, 3.8) is 0 Å². The smallest absolute Gasteiger partial charge is 0.534 e. The molecule has 1 atom stereocenters. The van der Waals surface area contributed by atoms with Gasteiger partial charge < -0.3 is 22.7 Å². The lowest BCUT2D eigenvalue weighted by molar-refractivity contribution is -0.385. The summed E-state index contributed by atoms with van der Waals surface area (Å²) in [5.74, 6) is -1.08. The number of carbonyl (C=O) groups excluding carboxylic acids is 1. The molecule has 0 N–H and O–H groups in total. The van der Waals surface area contributed by atoms with E-state index in [2.05, 4.69) is 45.7 Å². The van der Waals surface area contributed by atoms with Gasteiger partial charge in [0.1, 0.15) is 11.3 Å². The van der Waals surface area contributed by atoms with E-state index in [9.17, 15) is 36.5 Å². The molecule has 268 valence electrons. The third-order valence-electron chi connectivity index (χ3n) is 9.30. The molecule has 0 fully saturated rings. The summed E-state index contributed by atoms with van der Waals surface area (Å²) in [6.07, 6.45) is 0.603. The maximum atomic E-state index is 14.1. The van der Waals surface area contributed by atoms with E-state index in [0.29, 0.717) is 0 Å². The molecule has 0 saturated carbocycles. The fraction of sp³-hybridized carbons (Fsp3) is 0.700. The van der Waals surface area contributed by atoms with E-state index in [-0.39, 0.29) is 45.3 Å². The minimum atomic E-state index is -5.96. The number of nitro benzene ring substituents is 1. The molecule has 0 saturated heterocycles. The zero-order chi connectivity index (χ0) is 36.5. The van der Waals surface area contributed by atoms with Crippen LogP contribution in [0, 0.1) is 10.1 Å². The van der Waals surface area contributed by atoms with Crippen LogP contribution in [0.1, 0.15) is 79.1 Å². The van der Waals surface area contributed by atoms with Gasteiger partial charge in [-0.3, -0.25) is 14.9 Å². The molecule has 0 radical (unpaired) electrons. The Hall–Kier alpha value is -2.64. The van der Waals surface area contributed by atoms with Crippen LogP contribution in [0.4, 0.5) is 18.9 Å². The largest absolute Gasteiger partial charge is 0.540 e. The second-order valence-electron chi connectivity index (χ2n) is 14.2. The zero-order valence-corrected chi connectivity index (χ0v) is 32.1. The maximum absolute atomic E-state index is 14.1. The summed E-state index contributed by atoms with van der Waals surface area (Å²) < 4.78 is 85.8. The zero-order valence-electron chi connectivity index (χ0n) is 29.3. The molecule has 2 rings (SSSR count). The van der Waals surface area contributed by atoms with Gasteiger partial charge in [0.2, 0.25) is 0 Å².